The highest BCUT2D eigenvalue weighted by molar-refractivity contribution is 7.99. The van der Waals surface area contributed by atoms with Crippen molar-refractivity contribution in [1.29, 1.82) is 0 Å². The van der Waals surface area contributed by atoms with Crippen molar-refractivity contribution in [2.75, 3.05) is 11.5 Å². The summed E-state index contributed by atoms with van der Waals surface area (Å²) in [5.41, 5.74) is 1.06. The molecule has 1 fully saturated rings. The molecule has 0 aliphatic carbocycles. The summed E-state index contributed by atoms with van der Waals surface area (Å²) in [6, 6.07) is 3.61. The van der Waals surface area contributed by atoms with Gasteiger partial charge in [-0.2, -0.15) is 11.8 Å². The molecule has 3 heterocycles. The largest absolute Gasteiger partial charge is 0.506 e. The van der Waals surface area contributed by atoms with Crippen LogP contribution in [0, 0.1) is 5.92 Å². The van der Waals surface area contributed by atoms with Crippen LogP contribution in [0.5, 0.6) is 5.75 Å². The van der Waals surface area contributed by atoms with Crippen molar-refractivity contribution in [2.24, 2.45) is 5.92 Å². The number of aromatic hydroxyl groups is 1. The molecular weight excluding hydrogens is 232 g/mol. The van der Waals surface area contributed by atoms with E-state index in [0.717, 1.165) is 23.7 Å². The number of thioether (sulfide) groups is 1. The number of fused-ring (bicyclic) bond motifs is 1. The summed E-state index contributed by atoms with van der Waals surface area (Å²) in [5, 5.41) is 9.53. The number of rotatable bonds is 2. The molecule has 2 aromatic heterocycles. The first-order chi connectivity index (χ1) is 8.33. The molecule has 90 valence electrons. The summed E-state index contributed by atoms with van der Waals surface area (Å²) < 4.78 is 2.01. The van der Waals surface area contributed by atoms with Crippen LogP contribution in [0.25, 0.3) is 5.52 Å². The molecule has 0 saturated carbocycles. The Hall–Kier alpha value is -1.16. The number of pyridine rings is 1. The Labute approximate surface area is 105 Å². The normalized spacial score (nSPS) is 20.8. The van der Waals surface area contributed by atoms with Crippen molar-refractivity contribution in [3.05, 3.63) is 30.4 Å². The molecule has 1 saturated heterocycles. The monoisotopic (exact) mass is 248 g/mol. The molecular formula is C13H16N2OS. The molecule has 1 atom stereocenters. The minimum absolute atomic E-state index is 0.301. The summed E-state index contributed by atoms with van der Waals surface area (Å²) in [5.74, 6) is 4.66. The summed E-state index contributed by atoms with van der Waals surface area (Å²) in [7, 11) is 0. The zero-order valence-electron chi connectivity index (χ0n) is 9.67. The van der Waals surface area contributed by atoms with Crippen molar-refractivity contribution in [1.82, 2.24) is 9.38 Å². The third-order valence-electron chi connectivity index (χ3n) is 3.31. The first-order valence-corrected chi connectivity index (χ1v) is 7.21. The van der Waals surface area contributed by atoms with Gasteiger partial charge in [-0.3, -0.25) is 0 Å². The average molecular weight is 248 g/mol. The van der Waals surface area contributed by atoms with Gasteiger partial charge in [0.15, 0.2) is 0 Å². The lowest BCUT2D eigenvalue weighted by Gasteiger charge is -2.20. The third-order valence-corrected chi connectivity index (χ3v) is 4.60. The summed E-state index contributed by atoms with van der Waals surface area (Å²) >= 11 is 2.05. The molecule has 1 aliphatic rings. The van der Waals surface area contributed by atoms with E-state index in [9.17, 15) is 5.11 Å². The highest BCUT2D eigenvalue weighted by Gasteiger charge is 2.16. The van der Waals surface area contributed by atoms with Gasteiger partial charge < -0.3 is 9.51 Å². The van der Waals surface area contributed by atoms with Crippen LogP contribution in [0.15, 0.2) is 24.5 Å². The highest BCUT2D eigenvalue weighted by atomic mass is 32.2. The van der Waals surface area contributed by atoms with Gasteiger partial charge in [-0.25, -0.2) is 4.98 Å². The minimum atomic E-state index is 0.301. The smallest absolute Gasteiger partial charge is 0.132 e. The molecule has 0 aromatic carbocycles. The molecule has 1 N–H and O–H groups in total. The van der Waals surface area contributed by atoms with Gasteiger partial charge in [0.2, 0.25) is 0 Å². The first kappa shape index (κ1) is 11.0. The van der Waals surface area contributed by atoms with Crippen molar-refractivity contribution in [3.63, 3.8) is 0 Å². The number of hydrogen-bond acceptors (Lipinski definition) is 3. The van der Waals surface area contributed by atoms with Gasteiger partial charge in [0.1, 0.15) is 11.6 Å². The summed E-state index contributed by atoms with van der Waals surface area (Å²) in [6.45, 7) is 0. The van der Waals surface area contributed by atoms with Crippen molar-refractivity contribution < 1.29 is 5.11 Å². The van der Waals surface area contributed by atoms with E-state index in [4.69, 9.17) is 0 Å². The molecule has 1 aliphatic heterocycles. The zero-order valence-corrected chi connectivity index (χ0v) is 10.5. The SMILES string of the molecule is Oc1ccc2cnc(CC3CCCSC3)n2c1. The molecule has 4 heteroatoms. The fourth-order valence-corrected chi connectivity index (χ4v) is 3.57. The number of hydrogen-bond donors (Lipinski definition) is 1. The van der Waals surface area contributed by atoms with Gasteiger partial charge in [-0.1, -0.05) is 0 Å². The van der Waals surface area contributed by atoms with Crippen LogP contribution in [0.2, 0.25) is 0 Å². The van der Waals surface area contributed by atoms with E-state index in [0.29, 0.717) is 5.75 Å². The van der Waals surface area contributed by atoms with E-state index in [1.54, 1.807) is 12.3 Å². The van der Waals surface area contributed by atoms with Gasteiger partial charge in [0, 0.05) is 6.42 Å². The lowest BCUT2D eigenvalue weighted by Crippen LogP contribution is -2.14. The van der Waals surface area contributed by atoms with Gasteiger partial charge in [0.25, 0.3) is 0 Å². The van der Waals surface area contributed by atoms with Crippen LogP contribution in [-0.2, 0) is 6.42 Å². The lowest BCUT2D eigenvalue weighted by molar-refractivity contribution is 0.469. The Morgan fingerprint density at radius 1 is 1.47 bits per heavy atom. The van der Waals surface area contributed by atoms with E-state index in [1.807, 2.05) is 28.4 Å². The molecule has 0 amide bonds. The number of nitrogens with zero attached hydrogens (tertiary/aromatic N) is 2. The number of imidazole rings is 1. The number of aromatic nitrogens is 2. The van der Waals surface area contributed by atoms with E-state index >= 15 is 0 Å². The second-order valence-electron chi connectivity index (χ2n) is 4.64. The molecule has 2 aromatic rings. The van der Waals surface area contributed by atoms with Crippen LogP contribution in [0.3, 0.4) is 0 Å². The predicted octanol–water partition coefficient (Wildman–Crippen LogP) is 2.73. The fourth-order valence-electron chi connectivity index (χ4n) is 2.41. The van der Waals surface area contributed by atoms with Crippen molar-refractivity contribution >= 4 is 17.3 Å². The Bertz CT molecular complexity index is 517. The maximum Gasteiger partial charge on any atom is 0.132 e. The molecule has 1 unspecified atom stereocenters. The van der Waals surface area contributed by atoms with Crippen LogP contribution < -0.4 is 0 Å². The van der Waals surface area contributed by atoms with Gasteiger partial charge in [-0.05, 0) is 42.4 Å². The minimum Gasteiger partial charge on any atom is -0.506 e. The van der Waals surface area contributed by atoms with E-state index in [2.05, 4.69) is 4.98 Å². The topological polar surface area (TPSA) is 37.5 Å². The Balaban J connectivity index is 1.86. The van der Waals surface area contributed by atoms with E-state index < -0.39 is 0 Å². The van der Waals surface area contributed by atoms with Gasteiger partial charge in [-0.15, -0.1) is 0 Å². The van der Waals surface area contributed by atoms with E-state index in [-0.39, 0.29) is 0 Å². The first-order valence-electron chi connectivity index (χ1n) is 6.05. The van der Waals surface area contributed by atoms with E-state index in [1.165, 1.54) is 24.3 Å². The Kier molecular flexibility index (Phi) is 2.97. The van der Waals surface area contributed by atoms with Gasteiger partial charge >= 0.3 is 0 Å². The molecule has 17 heavy (non-hydrogen) atoms. The Morgan fingerprint density at radius 3 is 3.24 bits per heavy atom. The molecule has 0 bridgehead atoms. The second kappa shape index (κ2) is 4.61. The van der Waals surface area contributed by atoms with Gasteiger partial charge in [0.05, 0.1) is 17.9 Å². The van der Waals surface area contributed by atoms with Crippen LogP contribution in [-0.4, -0.2) is 26.0 Å². The molecule has 0 spiro atoms. The average Bonchev–Trinajstić information content (AvgIpc) is 2.73. The molecule has 3 rings (SSSR count). The third kappa shape index (κ3) is 2.27. The lowest BCUT2D eigenvalue weighted by atomic mass is 10.0. The van der Waals surface area contributed by atoms with Crippen molar-refractivity contribution in [3.8, 4) is 5.75 Å². The maximum atomic E-state index is 9.53. The predicted molar refractivity (Wildman–Crippen MR) is 70.6 cm³/mol. The quantitative estimate of drug-likeness (QED) is 0.888. The highest BCUT2D eigenvalue weighted by Crippen LogP contribution is 2.26. The summed E-state index contributed by atoms with van der Waals surface area (Å²) in [4.78, 5) is 4.47. The molecule has 0 radical (unpaired) electrons. The standard InChI is InChI=1S/C13H16N2OS/c16-12-4-3-11-7-14-13(15(11)8-12)6-10-2-1-5-17-9-10/h3-4,7-8,10,16H,1-2,5-6,9H2. The van der Waals surface area contributed by atoms with Crippen LogP contribution >= 0.6 is 11.8 Å². The zero-order chi connectivity index (χ0) is 11.7. The molecule has 3 nitrogen and oxygen atoms in total. The summed E-state index contributed by atoms with van der Waals surface area (Å²) in [6.07, 6.45) is 7.29. The Morgan fingerprint density at radius 2 is 2.41 bits per heavy atom. The van der Waals surface area contributed by atoms with Crippen LogP contribution in [0.4, 0.5) is 0 Å². The fraction of sp³-hybridized carbons (Fsp3) is 0.462. The van der Waals surface area contributed by atoms with Crippen molar-refractivity contribution in [2.45, 2.75) is 19.3 Å². The second-order valence-corrected chi connectivity index (χ2v) is 5.79. The van der Waals surface area contributed by atoms with Crippen LogP contribution in [0.1, 0.15) is 18.7 Å². The maximum absolute atomic E-state index is 9.53.